The fraction of sp³-hybridized carbons (Fsp3) is 0.533. The van der Waals surface area contributed by atoms with Crippen LogP contribution < -0.4 is 10.6 Å². The quantitative estimate of drug-likeness (QED) is 0.856. The Balaban J connectivity index is 1.78. The second-order valence-electron chi connectivity index (χ2n) is 5.13. The van der Waals surface area contributed by atoms with Gasteiger partial charge >= 0.3 is 0 Å². The number of anilines is 1. The highest BCUT2D eigenvalue weighted by Crippen LogP contribution is 2.21. The number of hydrogen-bond donors (Lipinski definition) is 2. The molecule has 1 aromatic rings. The third-order valence-electron chi connectivity index (χ3n) is 3.59. The second kappa shape index (κ2) is 6.68. The first-order valence-corrected chi connectivity index (χ1v) is 6.80. The molecule has 2 atom stereocenters. The molecule has 1 saturated carbocycles. The molecule has 0 heterocycles. The predicted molar refractivity (Wildman–Crippen MR) is 76.0 cm³/mol. The van der Waals surface area contributed by atoms with Gasteiger partial charge in [0.15, 0.2) is 0 Å². The average Bonchev–Trinajstić information content (AvgIpc) is 2.85. The van der Waals surface area contributed by atoms with Gasteiger partial charge in [0.2, 0.25) is 5.91 Å². The summed E-state index contributed by atoms with van der Waals surface area (Å²) in [5.74, 6) is -0.0394. The third kappa shape index (κ3) is 4.33. The highest BCUT2D eigenvalue weighted by atomic mass is 16.5. The van der Waals surface area contributed by atoms with Crippen molar-refractivity contribution in [2.24, 2.45) is 0 Å². The Labute approximate surface area is 114 Å². The molecule has 1 fully saturated rings. The van der Waals surface area contributed by atoms with E-state index in [2.05, 4.69) is 10.6 Å². The molecule has 4 nitrogen and oxygen atoms in total. The Morgan fingerprint density at radius 1 is 1.32 bits per heavy atom. The van der Waals surface area contributed by atoms with Crippen LogP contribution in [0, 0.1) is 0 Å². The monoisotopic (exact) mass is 262 g/mol. The molecule has 0 radical (unpaired) electrons. The zero-order valence-corrected chi connectivity index (χ0v) is 11.6. The van der Waals surface area contributed by atoms with Gasteiger partial charge in [-0.25, -0.2) is 0 Å². The summed E-state index contributed by atoms with van der Waals surface area (Å²) in [6.07, 6.45) is 3.85. The lowest BCUT2D eigenvalue weighted by Gasteiger charge is -2.13. The van der Waals surface area contributed by atoms with Crippen molar-refractivity contribution in [1.29, 1.82) is 0 Å². The van der Waals surface area contributed by atoms with Gasteiger partial charge in [-0.2, -0.15) is 0 Å². The van der Waals surface area contributed by atoms with E-state index in [1.54, 1.807) is 7.11 Å². The predicted octanol–water partition coefficient (Wildman–Crippen LogP) is 2.30. The van der Waals surface area contributed by atoms with E-state index >= 15 is 0 Å². The van der Waals surface area contributed by atoms with Crippen molar-refractivity contribution in [3.05, 3.63) is 29.8 Å². The van der Waals surface area contributed by atoms with Gasteiger partial charge in [-0.05, 0) is 37.0 Å². The normalized spacial score (nSPS) is 22.4. The summed E-state index contributed by atoms with van der Waals surface area (Å²) in [7, 11) is 1.79. The van der Waals surface area contributed by atoms with E-state index in [0.717, 1.165) is 25.1 Å². The number of methoxy groups -OCH3 is 1. The highest BCUT2D eigenvalue weighted by Gasteiger charge is 2.23. The average molecular weight is 262 g/mol. The van der Waals surface area contributed by atoms with Gasteiger partial charge in [-0.15, -0.1) is 0 Å². The van der Waals surface area contributed by atoms with Crippen LogP contribution in [0.25, 0.3) is 0 Å². The molecule has 1 aliphatic rings. The van der Waals surface area contributed by atoms with Crippen LogP contribution in [-0.4, -0.2) is 25.2 Å². The molecule has 1 aliphatic carbocycles. The van der Waals surface area contributed by atoms with Crippen molar-refractivity contribution in [3.63, 3.8) is 0 Å². The zero-order valence-electron chi connectivity index (χ0n) is 11.6. The van der Waals surface area contributed by atoms with Gasteiger partial charge < -0.3 is 15.4 Å². The van der Waals surface area contributed by atoms with Crippen molar-refractivity contribution in [2.45, 2.75) is 44.9 Å². The zero-order chi connectivity index (χ0) is 13.7. The Hall–Kier alpha value is -1.39. The van der Waals surface area contributed by atoms with Gasteiger partial charge in [-0.3, -0.25) is 4.79 Å². The van der Waals surface area contributed by atoms with E-state index < -0.39 is 0 Å². The summed E-state index contributed by atoms with van der Waals surface area (Å²) in [5, 5.41) is 6.32. The summed E-state index contributed by atoms with van der Waals surface area (Å²) < 4.78 is 5.37. The van der Waals surface area contributed by atoms with Crippen molar-refractivity contribution >= 4 is 11.6 Å². The molecule has 0 aromatic heterocycles. The van der Waals surface area contributed by atoms with E-state index in [0.29, 0.717) is 12.1 Å². The van der Waals surface area contributed by atoms with E-state index in [4.69, 9.17) is 4.74 Å². The Morgan fingerprint density at radius 2 is 2.05 bits per heavy atom. The van der Waals surface area contributed by atoms with Crippen LogP contribution in [0.5, 0.6) is 0 Å². The van der Waals surface area contributed by atoms with Crippen molar-refractivity contribution < 1.29 is 9.53 Å². The molecule has 0 spiro atoms. The molecule has 2 N–H and O–H groups in total. The number of hydrogen-bond acceptors (Lipinski definition) is 3. The lowest BCUT2D eigenvalue weighted by Crippen LogP contribution is -2.26. The van der Waals surface area contributed by atoms with E-state index in [1.807, 2.05) is 24.3 Å². The van der Waals surface area contributed by atoms with E-state index in [9.17, 15) is 4.79 Å². The van der Waals surface area contributed by atoms with Crippen LogP contribution in [-0.2, 0) is 16.1 Å². The Kier molecular flexibility index (Phi) is 4.93. The highest BCUT2D eigenvalue weighted by molar-refractivity contribution is 5.88. The van der Waals surface area contributed by atoms with E-state index in [-0.39, 0.29) is 5.91 Å². The standard InChI is InChI=1S/C15H22N2O2/c1-11(18)17-13-5-3-12(4-6-13)10-16-14-7-8-15(9-14)19-2/h3-6,14-16H,7-10H2,1-2H3,(H,17,18). The van der Waals surface area contributed by atoms with Gasteiger partial charge in [0.05, 0.1) is 6.10 Å². The maximum Gasteiger partial charge on any atom is 0.221 e. The molecule has 2 rings (SSSR count). The summed E-state index contributed by atoms with van der Waals surface area (Å²) in [4.78, 5) is 10.9. The SMILES string of the molecule is COC1CCC(NCc2ccc(NC(C)=O)cc2)C1. The first kappa shape index (κ1) is 14.0. The van der Waals surface area contributed by atoms with Crippen molar-refractivity contribution in [3.8, 4) is 0 Å². The van der Waals surface area contributed by atoms with Crippen LogP contribution in [0.1, 0.15) is 31.7 Å². The number of rotatable bonds is 5. The first-order valence-electron chi connectivity index (χ1n) is 6.80. The lowest BCUT2D eigenvalue weighted by atomic mass is 10.2. The molecule has 2 unspecified atom stereocenters. The minimum atomic E-state index is -0.0394. The Morgan fingerprint density at radius 3 is 2.63 bits per heavy atom. The number of ether oxygens (including phenoxy) is 1. The maximum atomic E-state index is 10.9. The molecular weight excluding hydrogens is 240 g/mol. The van der Waals surface area contributed by atoms with Gasteiger partial charge in [0.25, 0.3) is 0 Å². The second-order valence-corrected chi connectivity index (χ2v) is 5.13. The number of benzene rings is 1. The van der Waals surface area contributed by atoms with Crippen molar-refractivity contribution in [1.82, 2.24) is 5.32 Å². The molecule has 104 valence electrons. The van der Waals surface area contributed by atoms with Crippen LogP contribution in [0.4, 0.5) is 5.69 Å². The van der Waals surface area contributed by atoms with Crippen LogP contribution in [0.3, 0.4) is 0 Å². The molecule has 0 aliphatic heterocycles. The van der Waals surface area contributed by atoms with Gasteiger partial charge in [0.1, 0.15) is 0 Å². The fourth-order valence-corrected chi connectivity index (χ4v) is 2.51. The summed E-state index contributed by atoms with van der Waals surface area (Å²) in [5.41, 5.74) is 2.08. The molecule has 0 bridgehead atoms. The smallest absolute Gasteiger partial charge is 0.221 e. The maximum absolute atomic E-state index is 10.9. The number of amides is 1. The summed E-state index contributed by atoms with van der Waals surface area (Å²) in [6.45, 7) is 2.38. The topological polar surface area (TPSA) is 50.4 Å². The number of carbonyl (C=O) groups excluding carboxylic acids is 1. The summed E-state index contributed by atoms with van der Waals surface area (Å²) in [6, 6.07) is 8.51. The van der Waals surface area contributed by atoms with Crippen LogP contribution >= 0.6 is 0 Å². The molecular formula is C15H22N2O2. The minimum absolute atomic E-state index is 0.0394. The van der Waals surface area contributed by atoms with Gasteiger partial charge in [0, 0.05) is 32.3 Å². The summed E-state index contributed by atoms with van der Waals surface area (Å²) >= 11 is 0. The van der Waals surface area contributed by atoms with Crippen molar-refractivity contribution in [2.75, 3.05) is 12.4 Å². The molecule has 4 heteroatoms. The molecule has 19 heavy (non-hydrogen) atoms. The fourth-order valence-electron chi connectivity index (χ4n) is 2.51. The number of nitrogens with one attached hydrogen (secondary N) is 2. The molecule has 1 aromatic carbocycles. The van der Waals surface area contributed by atoms with Gasteiger partial charge in [-0.1, -0.05) is 12.1 Å². The molecule has 0 saturated heterocycles. The minimum Gasteiger partial charge on any atom is -0.381 e. The number of carbonyl (C=O) groups is 1. The lowest BCUT2D eigenvalue weighted by molar-refractivity contribution is -0.114. The third-order valence-corrected chi connectivity index (χ3v) is 3.59. The largest absolute Gasteiger partial charge is 0.381 e. The Bertz CT molecular complexity index is 417. The molecule has 1 amide bonds. The van der Waals surface area contributed by atoms with Crippen LogP contribution in [0.2, 0.25) is 0 Å². The van der Waals surface area contributed by atoms with E-state index in [1.165, 1.54) is 18.9 Å². The first-order chi connectivity index (χ1) is 9.17. The van der Waals surface area contributed by atoms with Crippen LogP contribution in [0.15, 0.2) is 24.3 Å².